The molecule has 0 amide bonds. The number of nitrogens with zero attached hydrogens (tertiary/aromatic N) is 2. The molecule has 1 atom stereocenters. The van der Waals surface area contributed by atoms with Crippen molar-refractivity contribution < 1.29 is 5.11 Å². The first-order chi connectivity index (χ1) is 8.48. The second-order valence-electron chi connectivity index (χ2n) is 4.57. The lowest BCUT2D eigenvalue weighted by molar-refractivity contribution is 0.0948. The van der Waals surface area contributed by atoms with E-state index >= 15 is 0 Å². The van der Waals surface area contributed by atoms with Gasteiger partial charge in [-0.25, -0.2) is 0 Å². The number of aryl methyl sites for hydroxylation is 2. The maximum absolute atomic E-state index is 10.9. The summed E-state index contributed by atoms with van der Waals surface area (Å²) in [7, 11) is 0. The molecule has 0 aliphatic rings. The van der Waals surface area contributed by atoms with Crippen molar-refractivity contribution in [1.29, 1.82) is 0 Å². The first-order valence-electron chi connectivity index (χ1n) is 5.97. The SMILES string of the molecule is CCCn1ncc(Cl)c1C(C)(O)c1sccc1C. The van der Waals surface area contributed by atoms with Crippen molar-refractivity contribution in [2.45, 2.75) is 39.3 Å². The van der Waals surface area contributed by atoms with Crippen LogP contribution in [0.25, 0.3) is 0 Å². The molecule has 1 unspecified atom stereocenters. The van der Waals surface area contributed by atoms with Crippen molar-refractivity contribution >= 4 is 22.9 Å². The highest BCUT2D eigenvalue weighted by atomic mass is 35.5. The number of aliphatic hydroxyl groups is 1. The molecular formula is C13H17ClN2OS. The number of aromatic nitrogens is 2. The van der Waals surface area contributed by atoms with Gasteiger partial charge >= 0.3 is 0 Å². The van der Waals surface area contributed by atoms with E-state index in [4.69, 9.17) is 11.6 Å². The Labute approximate surface area is 116 Å². The van der Waals surface area contributed by atoms with Gasteiger partial charge in [0.25, 0.3) is 0 Å². The summed E-state index contributed by atoms with van der Waals surface area (Å²) in [5.74, 6) is 0. The summed E-state index contributed by atoms with van der Waals surface area (Å²) in [4.78, 5) is 0.919. The first-order valence-corrected chi connectivity index (χ1v) is 7.23. The van der Waals surface area contributed by atoms with E-state index in [2.05, 4.69) is 12.0 Å². The molecule has 0 saturated carbocycles. The summed E-state index contributed by atoms with van der Waals surface area (Å²) in [5.41, 5.74) is 0.656. The Balaban J connectivity index is 2.53. The smallest absolute Gasteiger partial charge is 0.139 e. The van der Waals surface area contributed by atoms with Crippen LogP contribution in [0.1, 0.15) is 36.4 Å². The van der Waals surface area contributed by atoms with Crippen LogP contribution < -0.4 is 0 Å². The van der Waals surface area contributed by atoms with Gasteiger partial charge in [-0.1, -0.05) is 18.5 Å². The molecule has 2 aromatic rings. The fourth-order valence-electron chi connectivity index (χ4n) is 2.21. The van der Waals surface area contributed by atoms with Gasteiger partial charge in [0.2, 0.25) is 0 Å². The average molecular weight is 285 g/mol. The topological polar surface area (TPSA) is 38.0 Å². The molecular weight excluding hydrogens is 268 g/mol. The van der Waals surface area contributed by atoms with Crippen LogP contribution in [-0.2, 0) is 12.1 Å². The van der Waals surface area contributed by atoms with E-state index in [-0.39, 0.29) is 0 Å². The zero-order valence-corrected chi connectivity index (χ0v) is 12.3. The molecule has 18 heavy (non-hydrogen) atoms. The van der Waals surface area contributed by atoms with Crippen molar-refractivity contribution in [3.05, 3.63) is 38.8 Å². The van der Waals surface area contributed by atoms with Gasteiger partial charge in [0.15, 0.2) is 0 Å². The quantitative estimate of drug-likeness (QED) is 0.932. The molecule has 0 radical (unpaired) electrons. The minimum absolute atomic E-state index is 0.515. The highest BCUT2D eigenvalue weighted by Gasteiger charge is 2.34. The van der Waals surface area contributed by atoms with E-state index in [0.29, 0.717) is 10.7 Å². The van der Waals surface area contributed by atoms with Gasteiger partial charge in [-0.2, -0.15) is 5.10 Å². The second-order valence-corrected chi connectivity index (χ2v) is 5.89. The largest absolute Gasteiger partial charge is 0.378 e. The predicted octanol–water partition coefficient (Wildman–Crippen LogP) is 3.57. The van der Waals surface area contributed by atoms with Crippen molar-refractivity contribution in [1.82, 2.24) is 9.78 Å². The van der Waals surface area contributed by atoms with Crippen LogP contribution in [0.2, 0.25) is 5.02 Å². The Hall–Kier alpha value is -0.840. The van der Waals surface area contributed by atoms with Gasteiger partial charge in [0.05, 0.1) is 16.9 Å². The third-order valence-corrected chi connectivity index (χ3v) is 4.50. The molecule has 3 nitrogen and oxygen atoms in total. The van der Waals surface area contributed by atoms with Crippen molar-refractivity contribution in [3.8, 4) is 0 Å². The maximum Gasteiger partial charge on any atom is 0.139 e. The molecule has 0 bridgehead atoms. The molecule has 2 rings (SSSR count). The highest BCUT2D eigenvalue weighted by molar-refractivity contribution is 7.10. The summed E-state index contributed by atoms with van der Waals surface area (Å²) < 4.78 is 1.79. The number of hydrogen-bond donors (Lipinski definition) is 1. The van der Waals surface area contributed by atoms with Crippen LogP contribution in [-0.4, -0.2) is 14.9 Å². The Morgan fingerprint density at radius 2 is 2.28 bits per heavy atom. The molecule has 5 heteroatoms. The zero-order chi connectivity index (χ0) is 13.3. The molecule has 98 valence electrons. The van der Waals surface area contributed by atoms with E-state index < -0.39 is 5.60 Å². The van der Waals surface area contributed by atoms with Gasteiger partial charge in [0.1, 0.15) is 5.60 Å². The summed E-state index contributed by atoms with van der Waals surface area (Å²) in [6.07, 6.45) is 2.55. The lowest BCUT2D eigenvalue weighted by atomic mass is 9.97. The summed E-state index contributed by atoms with van der Waals surface area (Å²) in [6.45, 7) is 6.60. The van der Waals surface area contributed by atoms with Gasteiger partial charge < -0.3 is 5.11 Å². The van der Waals surface area contributed by atoms with Crippen LogP contribution >= 0.6 is 22.9 Å². The van der Waals surface area contributed by atoms with Crippen molar-refractivity contribution in [2.75, 3.05) is 0 Å². The summed E-state index contributed by atoms with van der Waals surface area (Å²) in [5, 5.41) is 17.6. The third-order valence-electron chi connectivity index (χ3n) is 3.00. The maximum atomic E-state index is 10.9. The first kappa shape index (κ1) is 13.6. The monoisotopic (exact) mass is 284 g/mol. The lowest BCUT2D eigenvalue weighted by Gasteiger charge is -2.25. The molecule has 0 saturated heterocycles. The van der Waals surface area contributed by atoms with Gasteiger partial charge in [-0.15, -0.1) is 11.3 Å². The average Bonchev–Trinajstić information content (AvgIpc) is 2.86. The molecule has 0 fully saturated rings. The van der Waals surface area contributed by atoms with E-state index in [1.54, 1.807) is 29.1 Å². The van der Waals surface area contributed by atoms with Crippen LogP contribution in [0, 0.1) is 6.92 Å². The number of thiophene rings is 1. The fourth-order valence-corrected chi connectivity index (χ4v) is 3.52. The highest BCUT2D eigenvalue weighted by Crippen LogP contribution is 2.38. The minimum Gasteiger partial charge on any atom is -0.378 e. The van der Waals surface area contributed by atoms with Crippen molar-refractivity contribution in [2.24, 2.45) is 0 Å². The Kier molecular flexibility index (Phi) is 3.80. The Morgan fingerprint density at radius 1 is 1.56 bits per heavy atom. The second kappa shape index (κ2) is 5.03. The van der Waals surface area contributed by atoms with Crippen molar-refractivity contribution in [3.63, 3.8) is 0 Å². The van der Waals surface area contributed by atoms with Gasteiger partial charge in [-0.3, -0.25) is 4.68 Å². The zero-order valence-electron chi connectivity index (χ0n) is 10.8. The molecule has 0 aromatic carbocycles. The van der Waals surface area contributed by atoms with Gasteiger partial charge in [0, 0.05) is 11.4 Å². The van der Waals surface area contributed by atoms with Crippen LogP contribution in [0.4, 0.5) is 0 Å². The standard InChI is InChI=1S/C13H17ClN2OS/c1-4-6-16-11(10(14)8-15-16)13(3,17)12-9(2)5-7-18-12/h5,7-8,17H,4,6H2,1-3H3. The molecule has 0 aliphatic heterocycles. The third kappa shape index (κ3) is 2.20. The van der Waals surface area contributed by atoms with E-state index in [1.165, 1.54) is 0 Å². The Bertz CT molecular complexity index is 545. The molecule has 0 spiro atoms. The number of halogens is 1. The minimum atomic E-state index is -1.10. The predicted molar refractivity (Wildman–Crippen MR) is 75.3 cm³/mol. The molecule has 1 N–H and O–H groups in total. The summed E-state index contributed by atoms with van der Waals surface area (Å²) in [6, 6.07) is 2.00. The van der Waals surface area contributed by atoms with E-state index in [1.807, 2.05) is 18.4 Å². The summed E-state index contributed by atoms with van der Waals surface area (Å²) >= 11 is 7.74. The molecule has 0 aliphatic carbocycles. The number of rotatable bonds is 4. The van der Waals surface area contributed by atoms with Crippen LogP contribution in [0.3, 0.4) is 0 Å². The lowest BCUT2D eigenvalue weighted by Crippen LogP contribution is -2.27. The van der Waals surface area contributed by atoms with E-state index in [9.17, 15) is 5.11 Å². The fraction of sp³-hybridized carbons (Fsp3) is 0.462. The molecule has 2 heterocycles. The van der Waals surface area contributed by atoms with Crippen LogP contribution in [0.5, 0.6) is 0 Å². The number of hydrogen-bond acceptors (Lipinski definition) is 3. The molecule has 2 aromatic heterocycles. The normalized spacial score (nSPS) is 14.7. The van der Waals surface area contributed by atoms with Crippen LogP contribution in [0.15, 0.2) is 17.6 Å². The van der Waals surface area contributed by atoms with Gasteiger partial charge in [-0.05, 0) is 37.3 Å². The van der Waals surface area contributed by atoms with E-state index in [0.717, 1.165) is 23.4 Å². The Morgan fingerprint density at radius 3 is 2.83 bits per heavy atom.